The Morgan fingerprint density at radius 1 is 1.42 bits per heavy atom. The number of hydrogen-bond donors (Lipinski definition) is 0. The lowest BCUT2D eigenvalue weighted by Gasteiger charge is -1.98. The van der Waals surface area contributed by atoms with Crippen molar-refractivity contribution in [3.8, 4) is 6.07 Å². The number of nitriles is 1. The smallest absolute Gasteiger partial charge is 0.0915 e. The van der Waals surface area contributed by atoms with E-state index in [2.05, 4.69) is 15.9 Å². The van der Waals surface area contributed by atoms with Gasteiger partial charge in [-0.25, -0.2) is 0 Å². The minimum absolute atomic E-state index is 0.991. The monoisotopic (exact) mass is 221 g/mol. The van der Waals surface area contributed by atoms with E-state index in [9.17, 15) is 0 Å². The van der Waals surface area contributed by atoms with Crippen molar-refractivity contribution in [2.45, 2.75) is 6.92 Å². The molecular formula is C10H8BrN. The molecule has 0 unspecified atom stereocenters. The maximum atomic E-state index is 8.42. The molecule has 0 spiro atoms. The highest BCUT2D eigenvalue weighted by Crippen LogP contribution is 2.16. The van der Waals surface area contributed by atoms with Gasteiger partial charge >= 0.3 is 0 Å². The summed E-state index contributed by atoms with van der Waals surface area (Å²) in [7, 11) is 0. The van der Waals surface area contributed by atoms with E-state index in [0.717, 1.165) is 15.6 Å². The van der Waals surface area contributed by atoms with Gasteiger partial charge in [-0.3, -0.25) is 0 Å². The van der Waals surface area contributed by atoms with Crippen molar-refractivity contribution in [3.63, 3.8) is 0 Å². The third kappa shape index (κ3) is 2.21. The molecule has 0 N–H and O–H groups in total. The van der Waals surface area contributed by atoms with E-state index in [1.54, 1.807) is 6.08 Å². The number of benzene rings is 1. The average Bonchev–Trinajstić information content (AvgIpc) is 2.06. The molecule has 0 saturated heterocycles. The molecule has 0 radical (unpaired) electrons. The topological polar surface area (TPSA) is 23.8 Å². The van der Waals surface area contributed by atoms with Gasteiger partial charge in [-0.05, 0) is 30.2 Å². The van der Waals surface area contributed by atoms with E-state index in [-0.39, 0.29) is 0 Å². The highest BCUT2D eigenvalue weighted by molar-refractivity contribution is 9.10. The molecule has 0 heterocycles. The molecule has 0 aliphatic heterocycles. The van der Waals surface area contributed by atoms with Gasteiger partial charge in [0.1, 0.15) is 0 Å². The molecule has 1 aromatic rings. The summed E-state index contributed by atoms with van der Waals surface area (Å²) in [6.45, 7) is 1.92. The Morgan fingerprint density at radius 2 is 2.00 bits per heavy atom. The minimum atomic E-state index is 0.991. The minimum Gasteiger partial charge on any atom is -0.193 e. The van der Waals surface area contributed by atoms with Gasteiger partial charge in [0.2, 0.25) is 0 Å². The third-order valence-corrected chi connectivity index (χ3v) is 2.11. The van der Waals surface area contributed by atoms with Gasteiger partial charge in [-0.2, -0.15) is 5.26 Å². The van der Waals surface area contributed by atoms with Gasteiger partial charge in [-0.1, -0.05) is 28.1 Å². The Bertz CT molecular complexity index is 330. The fraction of sp³-hybridized carbons (Fsp3) is 0.100. The molecule has 0 aliphatic rings. The van der Waals surface area contributed by atoms with Gasteiger partial charge in [0.05, 0.1) is 6.07 Å². The van der Waals surface area contributed by atoms with E-state index in [0.29, 0.717) is 0 Å². The summed E-state index contributed by atoms with van der Waals surface area (Å²) in [4.78, 5) is 0. The van der Waals surface area contributed by atoms with Crippen LogP contribution in [0, 0.1) is 11.3 Å². The molecule has 1 aromatic carbocycles. The van der Waals surface area contributed by atoms with Crippen LogP contribution in [-0.2, 0) is 0 Å². The molecule has 0 aromatic heterocycles. The SMILES string of the molecule is C/C(=C/C#N)c1ccc(Br)cc1. The Hall–Kier alpha value is -1.07. The summed E-state index contributed by atoms with van der Waals surface area (Å²) in [6, 6.07) is 9.89. The first-order valence-electron chi connectivity index (χ1n) is 3.56. The zero-order valence-corrected chi connectivity index (χ0v) is 8.30. The number of halogens is 1. The van der Waals surface area contributed by atoms with Gasteiger partial charge in [-0.15, -0.1) is 0 Å². The van der Waals surface area contributed by atoms with Crippen molar-refractivity contribution in [1.29, 1.82) is 5.26 Å². The molecule has 60 valence electrons. The second kappa shape index (κ2) is 4.08. The van der Waals surface area contributed by atoms with Crippen LogP contribution in [-0.4, -0.2) is 0 Å². The fourth-order valence-electron chi connectivity index (χ4n) is 0.893. The Labute approximate surface area is 80.5 Å². The summed E-state index contributed by atoms with van der Waals surface area (Å²) in [5.41, 5.74) is 2.07. The lowest BCUT2D eigenvalue weighted by molar-refractivity contribution is 1.51. The van der Waals surface area contributed by atoms with Crippen molar-refractivity contribution in [1.82, 2.24) is 0 Å². The maximum Gasteiger partial charge on any atom is 0.0915 e. The first-order valence-corrected chi connectivity index (χ1v) is 4.35. The zero-order valence-electron chi connectivity index (χ0n) is 6.71. The number of allylic oxidation sites excluding steroid dienone is 2. The van der Waals surface area contributed by atoms with Crippen molar-refractivity contribution in [2.24, 2.45) is 0 Å². The van der Waals surface area contributed by atoms with Crippen LogP contribution < -0.4 is 0 Å². The molecule has 1 rings (SSSR count). The molecule has 0 bridgehead atoms. The van der Waals surface area contributed by atoms with Crippen molar-refractivity contribution < 1.29 is 0 Å². The van der Waals surface area contributed by atoms with Crippen molar-refractivity contribution >= 4 is 21.5 Å². The number of nitrogens with zero attached hydrogens (tertiary/aromatic N) is 1. The molecule has 0 atom stereocenters. The number of hydrogen-bond acceptors (Lipinski definition) is 1. The van der Waals surface area contributed by atoms with Crippen LogP contribution in [0.5, 0.6) is 0 Å². The molecule has 12 heavy (non-hydrogen) atoms. The first-order chi connectivity index (χ1) is 5.74. The van der Waals surface area contributed by atoms with Crippen LogP contribution in [0.1, 0.15) is 12.5 Å². The lowest BCUT2D eigenvalue weighted by atomic mass is 10.1. The highest BCUT2D eigenvalue weighted by Gasteiger charge is 1.93. The van der Waals surface area contributed by atoms with E-state index in [1.165, 1.54) is 0 Å². The quantitative estimate of drug-likeness (QED) is 0.668. The average molecular weight is 222 g/mol. The standard InChI is InChI=1S/C10H8BrN/c1-8(6-7-12)9-2-4-10(11)5-3-9/h2-6H,1H3/b8-6-. The molecule has 2 heteroatoms. The maximum absolute atomic E-state index is 8.42. The predicted molar refractivity (Wildman–Crippen MR) is 53.4 cm³/mol. The zero-order chi connectivity index (χ0) is 8.97. The van der Waals surface area contributed by atoms with Gasteiger partial charge in [0, 0.05) is 10.5 Å². The van der Waals surface area contributed by atoms with Gasteiger partial charge in [0.25, 0.3) is 0 Å². The van der Waals surface area contributed by atoms with Crippen LogP contribution in [0.2, 0.25) is 0 Å². The summed E-state index contributed by atoms with van der Waals surface area (Å²) in [5.74, 6) is 0. The normalized spacial score (nSPS) is 10.9. The highest BCUT2D eigenvalue weighted by atomic mass is 79.9. The second-order valence-corrected chi connectivity index (χ2v) is 3.38. The summed E-state index contributed by atoms with van der Waals surface area (Å²) < 4.78 is 1.05. The molecule has 1 nitrogen and oxygen atoms in total. The molecular weight excluding hydrogens is 214 g/mol. The summed E-state index contributed by atoms with van der Waals surface area (Å²) >= 11 is 3.35. The molecule has 0 fully saturated rings. The predicted octanol–water partition coefficient (Wildman–Crippen LogP) is 3.38. The summed E-state index contributed by atoms with van der Waals surface area (Å²) in [6.07, 6.45) is 1.54. The second-order valence-electron chi connectivity index (χ2n) is 2.46. The van der Waals surface area contributed by atoms with Crippen LogP contribution in [0.4, 0.5) is 0 Å². The van der Waals surface area contributed by atoms with Crippen LogP contribution >= 0.6 is 15.9 Å². The van der Waals surface area contributed by atoms with Crippen LogP contribution in [0.15, 0.2) is 34.8 Å². The number of rotatable bonds is 1. The Morgan fingerprint density at radius 3 is 2.50 bits per heavy atom. The molecule has 0 amide bonds. The Balaban J connectivity index is 2.99. The largest absolute Gasteiger partial charge is 0.193 e. The third-order valence-electron chi connectivity index (χ3n) is 1.58. The van der Waals surface area contributed by atoms with Crippen LogP contribution in [0.3, 0.4) is 0 Å². The van der Waals surface area contributed by atoms with Gasteiger partial charge < -0.3 is 0 Å². The molecule has 0 saturated carbocycles. The van der Waals surface area contributed by atoms with Gasteiger partial charge in [0.15, 0.2) is 0 Å². The van der Waals surface area contributed by atoms with E-state index >= 15 is 0 Å². The van der Waals surface area contributed by atoms with E-state index < -0.39 is 0 Å². The molecule has 0 aliphatic carbocycles. The van der Waals surface area contributed by atoms with E-state index in [1.807, 2.05) is 37.3 Å². The summed E-state index contributed by atoms with van der Waals surface area (Å²) in [5, 5.41) is 8.42. The fourth-order valence-corrected chi connectivity index (χ4v) is 1.16. The Kier molecular flexibility index (Phi) is 3.07. The van der Waals surface area contributed by atoms with Crippen molar-refractivity contribution in [3.05, 3.63) is 40.4 Å². The lowest BCUT2D eigenvalue weighted by Crippen LogP contribution is -1.77. The van der Waals surface area contributed by atoms with Crippen LogP contribution in [0.25, 0.3) is 5.57 Å². The van der Waals surface area contributed by atoms with E-state index in [4.69, 9.17) is 5.26 Å². The van der Waals surface area contributed by atoms with Crippen molar-refractivity contribution in [2.75, 3.05) is 0 Å². The first kappa shape index (κ1) is 9.02.